The summed E-state index contributed by atoms with van der Waals surface area (Å²) in [5, 5.41) is 6.09. The lowest BCUT2D eigenvalue weighted by Crippen LogP contribution is -2.44. The number of benzene rings is 1. The Morgan fingerprint density at radius 1 is 1.37 bits per heavy atom. The van der Waals surface area contributed by atoms with Crippen molar-refractivity contribution in [3.05, 3.63) is 29.3 Å². The smallest absolute Gasteiger partial charge is 0.234 e. The maximum atomic E-state index is 11.6. The van der Waals surface area contributed by atoms with E-state index in [1.807, 2.05) is 32.9 Å². The quantitative estimate of drug-likeness (QED) is 0.867. The zero-order valence-electron chi connectivity index (χ0n) is 11.9. The molecule has 4 heteroatoms. The topological polar surface area (TPSA) is 50.4 Å². The van der Waals surface area contributed by atoms with Gasteiger partial charge in [0.1, 0.15) is 5.75 Å². The van der Waals surface area contributed by atoms with Crippen LogP contribution in [0.15, 0.2) is 18.2 Å². The Kier molecular flexibility index (Phi) is 4.10. The molecule has 0 aliphatic carbocycles. The molecule has 0 fully saturated rings. The normalized spacial score (nSPS) is 13.8. The van der Waals surface area contributed by atoms with Crippen LogP contribution in [0, 0.1) is 0 Å². The number of rotatable bonds is 4. The summed E-state index contributed by atoms with van der Waals surface area (Å²) in [5.41, 5.74) is 2.27. The zero-order chi connectivity index (χ0) is 13.9. The Bertz CT molecular complexity index is 464. The Labute approximate surface area is 114 Å². The van der Waals surface area contributed by atoms with Crippen molar-refractivity contribution in [1.29, 1.82) is 0 Å². The monoisotopic (exact) mass is 262 g/mol. The fourth-order valence-electron chi connectivity index (χ4n) is 2.13. The van der Waals surface area contributed by atoms with Gasteiger partial charge >= 0.3 is 0 Å². The third-order valence-corrected chi connectivity index (χ3v) is 2.88. The van der Waals surface area contributed by atoms with Crippen molar-refractivity contribution in [2.75, 3.05) is 13.2 Å². The zero-order valence-corrected chi connectivity index (χ0v) is 11.9. The molecule has 0 saturated carbocycles. The molecule has 1 aromatic rings. The highest BCUT2D eigenvalue weighted by Gasteiger charge is 2.14. The van der Waals surface area contributed by atoms with E-state index in [0.29, 0.717) is 13.1 Å². The third-order valence-electron chi connectivity index (χ3n) is 2.88. The predicted molar refractivity (Wildman–Crippen MR) is 75.2 cm³/mol. The van der Waals surface area contributed by atoms with Gasteiger partial charge in [0.2, 0.25) is 5.91 Å². The number of amides is 1. The molecule has 1 amide bonds. The SMILES string of the molecule is CC(C)(C)NC(=O)CNCc1ccc2c(c1)CCO2. The highest BCUT2D eigenvalue weighted by Crippen LogP contribution is 2.25. The molecule has 2 N–H and O–H groups in total. The Morgan fingerprint density at radius 2 is 2.16 bits per heavy atom. The molecule has 0 bridgehead atoms. The van der Waals surface area contributed by atoms with E-state index >= 15 is 0 Å². The lowest BCUT2D eigenvalue weighted by molar-refractivity contribution is -0.121. The Balaban J connectivity index is 1.78. The number of hydrogen-bond acceptors (Lipinski definition) is 3. The summed E-state index contributed by atoms with van der Waals surface area (Å²) in [7, 11) is 0. The molecule has 0 atom stereocenters. The van der Waals surface area contributed by atoms with Crippen LogP contribution in [0.4, 0.5) is 0 Å². The fraction of sp³-hybridized carbons (Fsp3) is 0.533. The lowest BCUT2D eigenvalue weighted by Gasteiger charge is -2.20. The van der Waals surface area contributed by atoms with E-state index < -0.39 is 0 Å². The van der Waals surface area contributed by atoms with Crippen LogP contribution in [0.25, 0.3) is 0 Å². The van der Waals surface area contributed by atoms with Crippen LogP contribution < -0.4 is 15.4 Å². The number of hydrogen-bond donors (Lipinski definition) is 2. The van der Waals surface area contributed by atoms with Gasteiger partial charge in [-0.15, -0.1) is 0 Å². The fourth-order valence-corrected chi connectivity index (χ4v) is 2.13. The van der Waals surface area contributed by atoms with Crippen LogP contribution in [0.2, 0.25) is 0 Å². The first-order valence-electron chi connectivity index (χ1n) is 6.70. The van der Waals surface area contributed by atoms with Gasteiger partial charge in [0.05, 0.1) is 13.2 Å². The van der Waals surface area contributed by atoms with E-state index in [0.717, 1.165) is 18.8 Å². The van der Waals surface area contributed by atoms with Crippen molar-refractivity contribution < 1.29 is 9.53 Å². The second kappa shape index (κ2) is 5.61. The molecule has 104 valence electrons. The molecule has 0 spiro atoms. The summed E-state index contributed by atoms with van der Waals surface area (Å²) in [5.74, 6) is 1.02. The van der Waals surface area contributed by atoms with Gasteiger partial charge in [-0.25, -0.2) is 0 Å². The van der Waals surface area contributed by atoms with Gasteiger partial charge in [-0.3, -0.25) is 4.79 Å². The maximum absolute atomic E-state index is 11.6. The number of ether oxygens (including phenoxy) is 1. The minimum atomic E-state index is -0.177. The van der Waals surface area contributed by atoms with Crippen molar-refractivity contribution in [1.82, 2.24) is 10.6 Å². The highest BCUT2D eigenvalue weighted by atomic mass is 16.5. The molecular weight excluding hydrogens is 240 g/mol. The van der Waals surface area contributed by atoms with Crippen LogP contribution in [-0.2, 0) is 17.8 Å². The van der Waals surface area contributed by atoms with Crippen molar-refractivity contribution >= 4 is 5.91 Å². The molecule has 4 nitrogen and oxygen atoms in total. The van der Waals surface area contributed by atoms with Gasteiger partial charge in [0.15, 0.2) is 0 Å². The summed E-state index contributed by atoms with van der Waals surface area (Å²) >= 11 is 0. The lowest BCUT2D eigenvalue weighted by atomic mass is 10.1. The minimum absolute atomic E-state index is 0.0250. The van der Waals surface area contributed by atoms with Crippen molar-refractivity contribution in [2.24, 2.45) is 0 Å². The highest BCUT2D eigenvalue weighted by molar-refractivity contribution is 5.78. The van der Waals surface area contributed by atoms with Crippen molar-refractivity contribution in [3.8, 4) is 5.75 Å². The number of carbonyl (C=O) groups is 1. The molecule has 1 aliphatic rings. The molecule has 0 unspecified atom stereocenters. The number of fused-ring (bicyclic) bond motifs is 1. The first-order chi connectivity index (χ1) is 8.94. The van der Waals surface area contributed by atoms with Gasteiger partial charge in [-0.05, 0) is 38.0 Å². The van der Waals surface area contributed by atoms with Gasteiger partial charge in [0, 0.05) is 18.5 Å². The number of nitrogens with one attached hydrogen (secondary N) is 2. The van der Waals surface area contributed by atoms with E-state index in [4.69, 9.17) is 4.74 Å². The summed E-state index contributed by atoms with van der Waals surface area (Å²) in [6.07, 6.45) is 0.980. The number of carbonyl (C=O) groups excluding carboxylic acids is 1. The summed E-state index contributed by atoms with van der Waals surface area (Å²) in [6.45, 7) is 7.75. The van der Waals surface area contributed by atoms with E-state index in [-0.39, 0.29) is 11.4 Å². The maximum Gasteiger partial charge on any atom is 0.234 e. The Morgan fingerprint density at radius 3 is 2.89 bits per heavy atom. The summed E-state index contributed by atoms with van der Waals surface area (Å²) in [6, 6.07) is 6.20. The largest absolute Gasteiger partial charge is 0.493 e. The van der Waals surface area contributed by atoms with Crippen LogP contribution in [0.5, 0.6) is 5.75 Å². The average molecular weight is 262 g/mol. The first-order valence-corrected chi connectivity index (χ1v) is 6.70. The molecule has 1 aliphatic heterocycles. The standard InChI is InChI=1S/C15H22N2O2/c1-15(2,3)17-14(18)10-16-9-11-4-5-13-12(8-11)6-7-19-13/h4-5,8,16H,6-7,9-10H2,1-3H3,(H,17,18). The Hall–Kier alpha value is -1.55. The van der Waals surface area contributed by atoms with E-state index in [1.165, 1.54) is 11.1 Å². The van der Waals surface area contributed by atoms with Crippen molar-refractivity contribution in [3.63, 3.8) is 0 Å². The molecule has 2 rings (SSSR count). The second-order valence-electron chi connectivity index (χ2n) is 5.94. The van der Waals surface area contributed by atoms with Gasteiger partial charge in [0.25, 0.3) is 0 Å². The van der Waals surface area contributed by atoms with Crippen LogP contribution in [-0.4, -0.2) is 24.6 Å². The van der Waals surface area contributed by atoms with Crippen molar-refractivity contribution in [2.45, 2.75) is 39.3 Å². The summed E-state index contributed by atoms with van der Waals surface area (Å²) in [4.78, 5) is 11.6. The molecule has 0 radical (unpaired) electrons. The third kappa shape index (κ3) is 4.24. The molecule has 0 saturated heterocycles. The molecule has 1 heterocycles. The molecule has 19 heavy (non-hydrogen) atoms. The summed E-state index contributed by atoms with van der Waals surface area (Å²) < 4.78 is 5.47. The van der Waals surface area contributed by atoms with E-state index in [1.54, 1.807) is 0 Å². The van der Waals surface area contributed by atoms with Crippen LogP contribution in [0.3, 0.4) is 0 Å². The predicted octanol–water partition coefficient (Wildman–Crippen LogP) is 1.63. The molecule has 0 aromatic heterocycles. The van der Waals surface area contributed by atoms with Gasteiger partial charge in [-0.2, -0.15) is 0 Å². The van der Waals surface area contributed by atoms with Crippen LogP contribution in [0.1, 0.15) is 31.9 Å². The van der Waals surface area contributed by atoms with Gasteiger partial charge < -0.3 is 15.4 Å². The molecule has 1 aromatic carbocycles. The average Bonchev–Trinajstić information content (AvgIpc) is 2.73. The minimum Gasteiger partial charge on any atom is -0.493 e. The van der Waals surface area contributed by atoms with Gasteiger partial charge in [-0.1, -0.05) is 12.1 Å². The second-order valence-corrected chi connectivity index (χ2v) is 5.94. The molecular formula is C15H22N2O2. The van der Waals surface area contributed by atoms with E-state index in [9.17, 15) is 4.79 Å². The first kappa shape index (κ1) is 13.9. The van der Waals surface area contributed by atoms with E-state index in [2.05, 4.69) is 16.7 Å². The van der Waals surface area contributed by atoms with Crippen LogP contribution >= 0.6 is 0 Å².